The number of benzene rings is 1. The Hall–Kier alpha value is -1.93. The summed E-state index contributed by atoms with van der Waals surface area (Å²) in [6.45, 7) is 4.34. The van der Waals surface area contributed by atoms with Crippen LogP contribution in [0.15, 0.2) is 24.3 Å². The van der Waals surface area contributed by atoms with Gasteiger partial charge in [-0.1, -0.05) is 31.9 Å². The van der Waals surface area contributed by atoms with Crippen molar-refractivity contribution in [2.45, 2.75) is 76.3 Å². The lowest BCUT2D eigenvalue weighted by Gasteiger charge is -2.40. The Balaban J connectivity index is 1.39. The van der Waals surface area contributed by atoms with E-state index in [1.807, 2.05) is 17.0 Å². The van der Waals surface area contributed by atoms with Gasteiger partial charge in [-0.3, -0.25) is 14.5 Å². The Labute approximate surface area is 210 Å². The van der Waals surface area contributed by atoms with Crippen molar-refractivity contribution in [2.75, 3.05) is 31.6 Å². The van der Waals surface area contributed by atoms with Crippen molar-refractivity contribution < 1.29 is 18.0 Å². The molecule has 4 rings (SSSR count). The van der Waals surface area contributed by atoms with Gasteiger partial charge in [0.25, 0.3) is 0 Å². The molecule has 2 aliphatic heterocycles. The molecule has 1 aromatic rings. The molecule has 2 heterocycles. The second-order valence-electron chi connectivity index (χ2n) is 11.3. The molecule has 1 aliphatic carbocycles. The van der Waals surface area contributed by atoms with E-state index >= 15 is 0 Å². The lowest BCUT2D eigenvalue weighted by atomic mass is 9.83. The van der Waals surface area contributed by atoms with Gasteiger partial charge in [0.1, 0.15) is 5.75 Å². The summed E-state index contributed by atoms with van der Waals surface area (Å²) in [6.07, 6.45) is 10.1. The van der Waals surface area contributed by atoms with Gasteiger partial charge in [-0.25, -0.2) is 8.42 Å². The summed E-state index contributed by atoms with van der Waals surface area (Å²) in [5, 5.41) is 0. The number of rotatable bonds is 9. The van der Waals surface area contributed by atoms with Gasteiger partial charge in [0, 0.05) is 43.5 Å². The predicted molar refractivity (Wildman–Crippen MR) is 138 cm³/mol. The van der Waals surface area contributed by atoms with Gasteiger partial charge in [0.05, 0.1) is 0 Å². The molecule has 194 valence electrons. The fourth-order valence-corrected chi connectivity index (χ4v) is 7.18. The molecule has 2 bridgehead atoms. The first-order valence-corrected chi connectivity index (χ1v) is 15.3. The number of carbonyl (C=O) groups excluding carboxylic acids is 2. The number of nitrogens with two attached hydrogens (primary N) is 1. The van der Waals surface area contributed by atoms with E-state index in [2.05, 4.69) is 17.9 Å². The highest BCUT2D eigenvalue weighted by atomic mass is 32.2. The number of hydrogen-bond donors (Lipinski definition) is 1. The zero-order valence-electron chi connectivity index (χ0n) is 21.2. The summed E-state index contributed by atoms with van der Waals surface area (Å²) >= 11 is 0. The lowest BCUT2D eigenvalue weighted by Crippen LogP contribution is -2.48. The van der Waals surface area contributed by atoms with E-state index < -0.39 is 21.5 Å². The maximum Gasteiger partial charge on any atom is 0.248 e. The standard InChI is InChI=1S/C27H41N3O4S/c1-19-6-8-20(9-7-19)17-29(26(31)18-35(2,33)34)12-13-30-24-10-11-25(30)16-23(15-24)21-4-3-5-22(14-21)27(28)32/h3-5,14,19-20,23-25H,6-13,15-18H2,1-2H3,(H2,28,32)/t19?,20?,23?,24-,25+. The van der Waals surface area contributed by atoms with Crippen LogP contribution in [0.4, 0.5) is 0 Å². The number of hydrogen-bond acceptors (Lipinski definition) is 5. The van der Waals surface area contributed by atoms with E-state index in [1.165, 1.54) is 18.4 Å². The molecule has 2 N–H and O–H groups in total. The van der Waals surface area contributed by atoms with Crippen LogP contribution in [0.2, 0.25) is 0 Å². The van der Waals surface area contributed by atoms with Gasteiger partial charge in [-0.15, -0.1) is 0 Å². The molecule has 3 fully saturated rings. The Morgan fingerprint density at radius 2 is 1.71 bits per heavy atom. The number of nitrogens with zero attached hydrogens (tertiary/aromatic N) is 2. The van der Waals surface area contributed by atoms with Crippen molar-refractivity contribution in [3.8, 4) is 0 Å². The Morgan fingerprint density at radius 3 is 2.31 bits per heavy atom. The van der Waals surface area contributed by atoms with Crippen LogP contribution < -0.4 is 5.73 Å². The quantitative estimate of drug-likeness (QED) is 0.558. The van der Waals surface area contributed by atoms with E-state index in [0.717, 1.165) is 57.2 Å². The van der Waals surface area contributed by atoms with Crippen LogP contribution in [0.1, 0.15) is 80.1 Å². The maximum absolute atomic E-state index is 13.0. The maximum atomic E-state index is 13.0. The highest BCUT2D eigenvalue weighted by molar-refractivity contribution is 7.91. The van der Waals surface area contributed by atoms with Crippen molar-refractivity contribution in [3.63, 3.8) is 0 Å². The monoisotopic (exact) mass is 503 g/mol. The molecule has 1 saturated carbocycles. The van der Waals surface area contributed by atoms with Gasteiger partial charge >= 0.3 is 0 Å². The molecule has 1 aromatic carbocycles. The third kappa shape index (κ3) is 6.85. The van der Waals surface area contributed by atoms with E-state index in [1.54, 1.807) is 6.07 Å². The number of piperidine rings is 1. The lowest BCUT2D eigenvalue weighted by molar-refractivity contribution is -0.129. The predicted octanol–water partition coefficient (Wildman–Crippen LogP) is 3.20. The largest absolute Gasteiger partial charge is 0.366 e. The third-order valence-corrected chi connectivity index (χ3v) is 9.28. The minimum Gasteiger partial charge on any atom is -0.366 e. The SMILES string of the molecule is CC1CCC(CN(CCN2[C@@H]3CC[C@H]2CC(c2cccc(C(N)=O)c2)C3)C(=O)CS(C)(=O)=O)CC1. The van der Waals surface area contributed by atoms with Gasteiger partial charge in [0.15, 0.2) is 9.84 Å². The Kier molecular flexibility index (Phi) is 8.21. The van der Waals surface area contributed by atoms with Crippen molar-refractivity contribution in [1.82, 2.24) is 9.80 Å². The molecule has 3 atom stereocenters. The number of sulfone groups is 1. The molecular formula is C27H41N3O4S. The van der Waals surface area contributed by atoms with Gasteiger partial charge in [0.2, 0.25) is 11.8 Å². The second-order valence-corrected chi connectivity index (χ2v) is 13.5. The van der Waals surface area contributed by atoms with Gasteiger partial charge < -0.3 is 10.6 Å². The zero-order valence-corrected chi connectivity index (χ0v) is 22.0. The number of primary amides is 1. The number of amides is 2. The summed E-state index contributed by atoms with van der Waals surface area (Å²) in [5.74, 6) is 0.577. The van der Waals surface area contributed by atoms with Gasteiger partial charge in [-0.2, -0.15) is 0 Å². The molecular weight excluding hydrogens is 462 g/mol. The van der Waals surface area contributed by atoms with Crippen molar-refractivity contribution in [2.24, 2.45) is 17.6 Å². The average molecular weight is 504 g/mol. The van der Waals surface area contributed by atoms with Crippen LogP contribution in [0.3, 0.4) is 0 Å². The van der Waals surface area contributed by atoms with Crippen LogP contribution in [-0.4, -0.2) is 73.8 Å². The Bertz CT molecular complexity index is 1010. The molecule has 35 heavy (non-hydrogen) atoms. The smallest absolute Gasteiger partial charge is 0.248 e. The van der Waals surface area contributed by atoms with E-state index in [4.69, 9.17) is 5.73 Å². The fraction of sp³-hybridized carbons (Fsp3) is 0.704. The second kappa shape index (κ2) is 11.0. The molecule has 0 aromatic heterocycles. The number of carbonyl (C=O) groups is 2. The average Bonchev–Trinajstić information content (AvgIpc) is 3.03. The van der Waals surface area contributed by atoms with Crippen molar-refractivity contribution in [1.29, 1.82) is 0 Å². The van der Waals surface area contributed by atoms with E-state index in [-0.39, 0.29) is 5.91 Å². The molecule has 8 heteroatoms. The minimum atomic E-state index is -3.36. The molecule has 7 nitrogen and oxygen atoms in total. The summed E-state index contributed by atoms with van der Waals surface area (Å²) in [5.41, 5.74) is 7.24. The first-order valence-electron chi connectivity index (χ1n) is 13.2. The topological polar surface area (TPSA) is 101 Å². The van der Waals surface area contributed by atoms with Gasteiger partial charge in [-0.05, 0) is 74.0 Å². The van der Waals surface area contributed by atoms with Crippen molar-refractivity contribution in [3.05, 3.63) is 35.4 Å². The van der Waals surface area contributed by atoms with Crippen LogP contribution in [0.25, 0.3) is 0 Å². The molecule has 2 amide bonds. The highest BCUT2D eigenvalue weighted by Crippen LogP contribution is 2.43. The molecule has 2 saturated heterocycles. The zero-order chi connectivity index (χ0) is 25.2. The first kappa shape index (κ1) is 26.1. The Morgan fingerprint density at radius 1 is 1.06 bits per heavy atom. The molecule has 3 aliphatic rings. The fourth-order valence-electron chi connectivity index (χ4n) is 6.55. The molecule has 0 spiro atoms. The highest BCUT2D eigenvalue weighted by Gasteiger charge is 2.41. The molecule has 1 unspecified atom stereocenters. The normalized spacial score (nSPS) is 29.1. The summed E-state index contributed by atoms with van der Waals surface area (Å²) in [4.78, 5) is 29.0. The van der Waals surface area contributed by atoms with E-state index in [0.29, 0.717) is 42.6 Å². The molecule has 0 radical (unpaired) electrons. The van der Waals surface area contributed by atoms with Crippen LogP contribution in [0, 0.1) is 11.8 Å². The summed E-state index contributed by atoms with van der Waals surface area (Å²) < 4.78 is 23.7. The summed E-state index contributed by atoms with van der Waals surface area (Å²) in [6, 6.07) is 8.64. The summed E-state index contributed by atoms with van der Waals surface area (Å²) in [7, 11) is -3.36. The van der Waals surface area contributed by atoms with Crippen LogP contribution in [0.5, 0.6) is 0 Å². The minimum absolute atomic E-state index is 0.253. The first-order chi connectivity index (χ1) is 16.6. The van der Waals surface area contributed by atoms with Crippen LogP contribution >= 0.6 is 0 Å². The number of fused-ring (bicyclic) bond motifs is 2. The van der Waals surface area contributed by atoms with Crippen molar-refractivity contribution >= 4 is 21.7 Å². The van der Waals surface area contributed by atoms with E-state index in [9.17, 15) is 18.0 Å². The van der Waals surface area contributed by atoms with Crippen LogP contribution in [-0.2, 0) is 14.6 Å². The third-order valence-electron chi connectivity index (χ3n) is 8.51.